The van der Waals surface area contributed by atoms with Crippen LogP contribution in [0, 0.1) is 11.3 Å². The summed E-state index contributed by atoms with van der Waals surface area (Å²) in [5.41, 5.74) is 0. The minimum Gasteiger partial charge on any atom is -0.313 e. The van der Waals surface area contributed by atoms with Crippen molar-refractivity contribution in [1.29, 1.82) is 5.26 Å². The fourth-order valence-corrected chi connectivity index (χ4v) is 1.32. The molecule has 0 radical (unpaired) electrons. The Balaban J connectivity index is 3.69. The molecular weight excluding hydrogens is 174 g/mol. The number of rotatable bonds is 7. The predicted molar refractivity (Wildman–Crippen MR) is 60.1 cm³/mol. The van der Waals surface area contributed by atoms with E-state index in [9.17, 15) is 0 Å². The van der Waals surface area contributed by atoms with Gasteiger partial charge in [-0.25, -0.2) is 0 Å². The minimum absolute atomic E-state index is 0.525. The summed E-state index contributed by atoms with van der Waals surface area (Å²) in [6, 6.07) is 3.26. The van der Waals surface area contributed by atoms with Gasteiger partial charge in [0.15, 0.2) is 0 Å². The summed E-state index contributed by atoms with van der Waals surface area (Å²) >= 11 is 0. The van der Waals surface area contributed by atoms with Gasteiger partial charge in [-0.1, -0.05) is 13.8 Å². The Labute approximate surface area is 88.1 Å². The van der Waals surface area contributed by atoms with Crippen LogP contribution < -0.4 is 5.32 Å². The van der Waals surface area contributed by atoms with Gasteiger partial charge < -0.3 is 5.32 Å². The molecule has 1 N–H and O–H groups in total. The highest BCUT2D eigenvalue weighted by atomic mass is 15.2. The molecule has 0 bridgehead atoms. The summed E-state index contributed by atoms with van der Waals surface area (Å²) in [5.74, 6) is 0. The van der Waals surface area contributed by atoms with Gasteiger partial charge >= 0.3 is 0 Å². The fourth-order valence-electron chi connectivity index (χ4n) is 1.32. The first-order chi connectivity index (χ1) is 6.57. The van der Waals surface area contributed by atoms with Crippen molar-refractivity contribution in [2.75, 3.05) is 19.6 Å². The monoisotopic (exact) mass is 197 g/mol. The SMILES string of the molecule is CC(C)NCCN(CCC#N)C(C)C. The number of nitrogens with one attached hydrogen (secondary N) is 1. The Morgan fingerprint density at radius 1 is 1.21 bits per heavy atom. The molecule has 0 aliphatic rings. The van der Waals surface area contributed by atoms with Crippen molar-refractivity contribution >= 4 is 0 Å². The largest absolute Gasteiger partial charge is 0.313 e. The molecule has 0 atom stereocenters. The van der Waals surface area contributed by atoms with E-state index in [-0.39, 0.29) is 0 Å². The lowest BCUT2D eigenvalue weighted by atomic mass is 10.3. The molecule has 0 fully saturated rings. The maximum Gasteiger partial charge on any atom is 0.0635 e. The van der Waals surface area contributed by atoms with Crippen molar-refractivity contribution in [2.24, 2.45) is 0 Å². The Hall–Kier alpha value is -0.590. The van der Waals surface area contributed by atoms with Gasteiger partial charge in [0.2, 0.25) is 0 Å². The molecule has 3 heteroatoms. The first-order valence-corrected chi connectivity index (χ1v) is 5.42. The maximum absolute atomic E-state index is 8.52. The zero-order valence-corrected chi connectivity index (χ0v) is 9.88. The van der Waals surface area contributed by atoms with Gasteiger partial charge in [-0.05, 0) is 13.8 Å². The third-order valence-corrected chi connectivity index (χ3v) is 2.19. The molecule has 14 heavy (non-hydrogen) atoms. The second kappa shape index (κ2) is 7.78. The molecule has 0 rings (SSSR count). The van der Waals surface area contributed by atoms with Gasteiger partial charge in [0.25, 0.3) is 0 Å². The molecule has 0 aromatic rings. The zero-order chi connectivity index (χ0) is 11.0. The van der Waals surface area contributed by atoms with E-state index >= 15 is 0 Å². The normalized spacial score (nSPS) is 11.3. The van der Waals surface area contributed by atoms with E-state index in [1.807, 2.05) is 0 Å². The number of nitrogens with zero attached hydrogens (tertiary/aromatic N) is 2. The minimum atomic E-state index is 0.525. The van der Waals surface area contributed by atoms with Crippen LogP contribution >= 0.6 is 0 Å². The van der Waals surface area contributed by atoms with E-state index in [0.29, 0.717) is 18.5 Å². The molecule has 0 aromatic carbocycles. The molecule has 0 unspecified atom stereocenters. The summed E-state index contributed by atoms with van der Waals surface area (Å²) in [5, 5.41) is 11.9. The molecular formula is C11H23N3. The quantitative estimate of drug-likeness (QED) is 0.674. The van der Waals surface area contributed by atoms with Gasteiger partial charge in [-0.3, -0.25) is 4.90 Å². The van der Waals surface area contributed by atoms with Gasteiger partial charge in [-0.2, -0.15) is 5.26 Å². The highest BCUT2D eigenvalue weighted by Gasteiger charge is 2.07. The van der Waals surface area contributed by atoms with Crippen molar-refractivity contribution in [2.45, 2.75) is 46.2 Å². The Morgan fingerprint density at radius 3 is 2.29 bits per heavy atom. The topological polar surface area (TPSA) is 39.1 Å². The van der Waals surface area contributed by atoms with Crippen molar-refractivity contribution in [3.8, 4) is 6.07 Å². The van der Waals surface area contributed by atoms with Crippen molar-refractivity contribution in [3.05, 3.63) is 0 Å². The van der Waals surface area contributed by atoms with Crippen molar-refractivity contribution in [1.82, 2.24) is 10.2 Å². The van der Waals surface area contributed by atoms with Crippen LogP contribution in [0.15, 0.2) is 0 Å². The molecule has 0 aromatic heterocycles. The fraction of sp³-hybridized carbons (Fsp3) is 0.909. The molecule has 3 nitrogen and oxygen atoms in total. The third-order valence-electron chi connectivity index (χ3n) is 2.19. The molecule has 0 saturated heterocycles. The molecule has 0 aliphatic carbocycles. The lowest BCUT2D eigenvalue weighted by molar-refractivity contribution is 0.225. The van der Waals surface area contributed by atoms with E-state index < -0.39 is 0 Å². The van der Waals surface area contributed by atoms with E-state index in [0.717, 1.165) is 19.6 Å². The van der Waals surface area contributed by atoms with E-state index in [1.54, 1.807) is 0 Å². The summed E-state index contributed by atoms with van der Waals surface area (Å²) < 4.78 is 0. The molecule has 0 spiro atoms. The zero-order valence-electron chi connectivity index (χ0n) is 9.88. The van der Waals surface area contributed by atoms with Gasteiger partial charge in [-0.15, -0.1) is 0 Å². The molecule has 0 saturated carbocycles. The smallest absolute Gasteiger partial charge is 0.0635 e. The Bertz CT molecular complexity index is 170. The highest BCUT2D eigenvalue weighted by Crippen LogP contribution is 1.98. The van der Waals surface area contributed by atoms with E-state index in [1.165, 1.54) is 0 Å². The number of hydrogen-bond acceptors (Lipinski definition) is 3. The van der Waals surface area contributed by atoms with E-state index in [2.05, 4.69) is 44.0 Å². The standard InChI is InChI=1S/C11H23N3/c1-10(2)13-7-9-14(11(3)4)8-5-6-12/h10-11,13H,5,7-9H2,1-4H3. The number of nitriles is 1. The highest BCUT2D eigenvalue weighted by molar-refractivity contribution is 4.74. The average Bonchev–Trinajstić information content (AvgIpc) is 2.09. The third kappa shape index (κ3) is 6.88. The van der Waals surface area contributed by atoms with Crippen LogP contribution in [-0.2, 0) is 0 Å². The first-order valence-electron chi connectivity index (χ1n) is 5.42. The maximum atomic E-state index is 8.52. The summed E-state index contributed by atoms with van der Waals surface area (Å²) in [7, 11) is 0. The van der Waals surface area contributed by atoms with Gasteiger partial charge in [0.1, 0.15) is 0 Å². The second-order valence-corrected chi connectivity index (χ2v) is 4.15. The van der Waals surface area contributed by atoms with Crippen LogP contribution in [-0.4, -0.2) is 36.6 Å². The molecule has 0 heterocycles. The van der Waals surface area contributed by atoms with E-state index in [4.69, 9.17) is 5.26 Å². The Kier molecular flexibility index (Phi) is 7.45. The summed E-state index contributed by atoms with van der Waals surface area (Å²) in [4.78, 5) is 2.33. The van der Waals surface area contributed by atoms with Crippen molar-refractivity contribution in [3.63, 3.8) is 0 Å². The molecule has 0 amide bonds. The average molecular weight is 197 g/mol. The van der Waals surface area contributed by atoms with Gasteiger partial charge in [0, 0.05) is 38.1 Å². The van der Waals surface area contributed by atoms with Crippen LogP contribution in [0.2, 0.25) is 0 Å². The van der Waals surface area contributed by atoms with Crippen LogP contribution in [0.25, 0.3) is 0 Å². The number of hydrogen-bond donors (Lipinski definition) is 1. The first kappa shape index (κ1) is 13.4. The summed E-state index contributed by atoms with van der Waals surface area (Å²) in [6.45, 7) is 11.6. The Morgan fingerprint density at radius 2 is 1.86 bits per heavy atom. The van der Waals surface area contributed by atoms with Crippen LogP contribution in [0.3, 0.4) is 0 Å². The van der Waals surface area contributed by atoms with Crippen LogP contribution in [0.4, 0.5) is 0 Å². The second-order valence-electron chi connectivity index (χ2n) is 4.15. The van der Waals surface area contributed by atoms with Crippen molar-refractivity contribution < 1.29 is 0 Å². The van der Waals surface area contributed by atoms with Gasteiger partial charge in [0.05, 0.1) is 6.07 Å². The van der Waals surface area contributed by atoms with Crippen LogP contribution in [0.1, 0.15) is 34.1 Å². The molecule has 82 valence electrons. The lowest BCUT2D eigenvalue weighted by Gasteiger charge is -2.25. The predicted octanol–water partition coefficient (Wildman–Crippen LogP) is 1.61. The lowest BCUT2D eigenvalue weighted by Crippen LogP contribution is -2.39. The summed E-state index contributed by atoms with van der Waals surface area (Å²) in [6.07, 6.45) is 0.625. The van der Waals surface area contributed by atoms with Crippen LogP contribution in [0.5, 0.6) is 0 Å². The molecule has 0 aliphatic heterocycles.